The molecule has 0 spiro atoms. The number of amides is 3. The summed E-state index contributed by atoms with van der Waals surface area (Å²) in [5.41, 5.74) is 17.1. The van der Waals surface area contributed by atoms with Gasteiger partial charge in [-0.2, -0.15) is 0 Å². The fourth-order valence-corrected chi connectivity index (χ4v) is 23.1. The second-order valence-electron chi connectivity index (χ2n) is 38.7. The first-order valence-electron chi connectivity index (χ1n) is 45.5. The summed E-state index contributed by atoms with van der Waals surface area (Å²) in [6.45, 7) is 21.5. The average Bonchev–Trinajstić information content (AvgIpc) is 0.717. The van der Waals surface area contributed by atoms with Crippen LogP contribution in [-0.4, -0.2) is 70.5 Å². The van der Waals surface area contributed by atoms with E-state index in [9.17, 15) is 14.4 Å². The minimum atomic E-state index is -0.256. The first-order chi connectivity index (χ1) is 60.1. The Morgan fingerprint density at radius 3 is 1.00 bits per heavy atom. The second kappa shape index (κ2) is 31.2. The molecule has 23 rings (SSSR count). The molecule has 3 amide bonds. The Kier molecular flexibility index (Phi) is 19.9. The van der Waals surface area contributed by atoms with Gasteiger partial charge in [-0.05, 0) is 216 Å². The van der Waals surface area contributed by atoms with Crippen LogP contribution in [-0.2, 0) is 13.1 Å². The van der Waals surface area contributed by atoms with Crippen LogP contribution in [0.4, 0.5) is 0 Å². The highest BCUT2D eigenvalue weighted by molar-refractivity contribution is 6.15. The van der Waals surface area contributed by atoms with E-state index in [0.29, 0.717) is 83.0 Å². The number of hydrogen-bond acceptors (Lipinski definition) is 12. The number of nitrogens with one attached hydrogen (secondary N) is 3. The standard InChI is InChI=1S/2C38H35N3O2.C33H37N3O2/c1-22-15-17-30-29(19-22)33-35-34(27-13-6-7-14-28(27)36(33)43-38(30,2)3)41-32-20-24(16-18-31(32)40-35)37(42)39-21-25-11-8-10-23-9-4-5-12-26(23)25;1-22-15-17-30-29(19-22)33-35-34(27-13-6-7-14-28(27)36(33)43-38(30,2)3)40-31-18-16-24(20-32(31)41-35)37(42)39-21-25-11-8-10-23-9-4-5-12-26(23)25;1-19-13-15-25-24(17-19)28-30-29(22-11-7-8-12-23(22)31(28)38-33(25,2)3)36-27-18-20(14-16-26(27)35-30)32(37)34-21-9-5-4-6-10-21/h2*4-14,16,18,20,22,29-30H,15,17,19,21H2,1-3H3,(H,39,42);7-8,11-12,14,16,18-19,21,24-25H,4-6,9-10,13,15,17H2,1-3H3,(H,34,37)/t2*22-,29-,30-;19-,24-,25-/m000/s1. The molecule has 4 aliphatic carbocycles. The third kappa shape index (κ3) is 14.1. The summed E-state index contributed by atoms with van der Waals surface area (Å²) in [4.78, 5) is 71.2. The van der Waals surface area contributed by atoms with Crippen molar-refractivity contribution >= 4 is 138 Å². The van der Waals surface area contributed by atoms with Gasteiger partial charge in [0.05, 0.1) is 66.2 Å². The number of carbonyl (C=O) groups is 3. The van der Waals surface area contributed by atoms with E-state index in [-0.39, 0.29) is 40.6 Å². The van der Waals surface area contributed by atoms with Gasteiger partial charge in [-0.25, -0.2) is 29.9 Å². The van der Waals surface area contributed by atoms with Gasteiger partial charge >= 0.3 is 0 Å². The molecular weight excluding hydrogens is 1530 g/mol. The number of ether oxygens (including phenoxy) is 3. The van der Waals surface area contributed by atoms with Gasteiger partial charge in [-0.15, -0.1) is 0 Å². The van der Waals surface area contributed by atoms with Crippen molar-refractivity contribution in [3.63, 3.8) is 0 Å². The predicted octanol–water partition coefficient (Wildman–Crippen LogP) is 25.1. The lowest BCUT2D eigenvalue weighted by Gasteiger charge is -2.49. The number of fused-ring (bicyclic) bond motifs is 29. The van der Waals surface area contributed by atoms with Crippen LogP contribution in [0.1, 0.15) is 229 Å². The summed E-state index contributed by atoms with van der Waals surface area (Å²) in [5, 5.41) is 20.6. The van der Waals surface area contributed by atoms with Crippen molar-refractivity contribution in [2.75, 3.05) is 0 Å². The molecular formula is C109H107N9O6. The van der Waals surface area contributed by atoms with Gasteiger partial charge in [0.25, 0.3) is 17.7 Å². The summed E-state index contributed by atoms with van der Waals surface area (Å²) >= 11 is 0. The molecule has 4 fully saturated rings. The Hall–Kier alpha value is -12.2. The molecule has 3 aromatic heterocycles. The van der Waals surface area contributed by atoms with Crippen LogP contribution >= 0.6 is 0 Å². The third-order valence-electron chi connectivity index (χ3n) is 29.4. The van der Waals surface area contributed by atoms with E-state index in [1.807, 2.05) is 91.0 Å². The highest BCUT2D eigenvalue weighted by atomic mass is 16.5. The number of hydrogen-bond donors (Lipinski definition) is 3. The Bertz CT molecular complexity index is 7040. The van der Waals surface area contributed by atoms with Gasteiger partial charge in [0.15, 0.2) is 0 Å². The molecule has 3 N–H and O–H groups in total. The molecule has 9 atom stereocenters. The monoisotopic (exact) mass is 1640 g/mol. The van der Waals surface area contributed by atoms with Crippen LogP contribution in [0.3, 0.4) is 0 Å². The Morgan fingerprint density at radius 1 is 0.323 bits per heavy atom. The lowest BCUT2D eigenvalue weighted by atomic mass is 9.64. The summed E-state index contributed by atoms with van der Waals surface area (Å²) in [7, 11) is 0. The van der Waals surface area contributed by atoms with Crippen molar-refractivity contribution < 1.29 is 28.6 Å². The lowest BCUT2D eigenvalue weighted by molar-refractivity contribution is -0.0118. The number of carbonyl (C=O) groups excluding carboxylic acids is 3. The SMILES string of the molecule is C[C@H]1CC[C@H]2[C@H](C1)c1c(c3ccccc3c3nc4cc(C(=O)NC5CCCCC5)ccc4nc13)OC2(C)C.C[C@H]1CC[C@H]2[C@H](C1)c1c(c3ccccc3c3nc4cc(C(=O)NCc5cccc6ccccc56)ccc4nc13)OC2(C)C.C[C@H]1CC[C@H]2[C@H](C1)c1c(c3ccccc3c3nc4ccc(C(=O)NCc5cccc6ccccc56)cc4nc13)OC2(C)C. The molecule has 4 saturated carbocycles. The zero-order chi connectivity index (χ0) is 84.6. The van der Waals surface area contributed by atoms with Crippen molar-refractivity contribution in [1.82, 2.24) is 45.9 Å². The largest absolute Gasteiger partial charge is 0.487 e. The van der Waals surface area contributed by atoms with Gasteiger partial charge in [-0.1, -0.05) is 217 Å². The summed E-state index contributed by atoms with van der Waals surface area (Å²) in [6.07, 6.45) is 16.4. The fraction of sp³-hybridized carbons (Fsp3) is 0.349. The van der Waals surface area contributed by atoms with Crippen molar-refractivity contribution in [2.45, 2.75) is 206 Å². The molecule has 3 aliphatic heterocycles. The van der Waals surface area contributed by atoms with Crippen LogP contribution in [0.2, 0.25) is 0 Å². The predicted molar refractivity (Wildman–Crippen MR) is 500 cm³/mol. The zero-order valence-electron chi connectivity index (χ0n) is 72.4. The van der Waals surface area contributed by atoms with Gasteiger partial charge in [0.2, 0.25) is 0 Å². The number of rotatable bonds is 8. The molecule has 15 heteroatoms. The third-order valence-corrected chi connectivity index (χ3v) is 29.4. The van der Waals surface area contributed by atoms with E-state index < -0.39 is 0 Å². The van der Waals surface area contributed by atoms with E-state index in [4.69, 9.17) is 44.1 Å². The van der Waals surface area contributed by atoms with Crippen molar-refractivity contribution in [3.05, 3.63) is 257 Å². The van der Waals surface area contributed by atoms with Gasteiger partial charge in [0.1, 0.15) is 34.1 Å². The Morgan fingerprint density at radius 2 is 0.629 bits per heavy atom. The molecule has 0 saturated heterocycles. The van der Waals surface area contributed by atoms with E-state index in [0.717, 1.165) is 183 Å². The molecule has 13 aromatic carbocycles. The maximum atomic E-state index is 13.4. The summed E-state index contributed by atoms with van der Waals surface area (Å²) in [5.74, 6) is 7.10. The van der Waals surface area contributed by atoms with Gasteiger partial charge in [-0.3, -0.25) is 14.4 Å². The number of benzene rings is 13. The first-order valence-corrected chi connectivity index (χ1v) is 45.5. The van der Waals surface area contributed by atoms with Crippen LogP contribution in [0.5, 0.6) is 17.2 Å². The van der Waals surface area contributed by atoms with E-state index >= 15 is 0 Å². The maximum absolute atomic E-state index is 13.4. The van der Waals surface area contributed by atoms with Gasteiger partial charge < -0.3 is 30.2 Å². The highest BCUT2D eigenvalue weighted by Crippen LogP contribution is 2.60. The highest BCUT2D eigenvalue weighted by Gasteiger charge is 2.51. The molecule has 624 valence electrons. The summed E-state index contributed by atoms with van der Waals surface area (Å²) in [6, 6.07) is 71.6. The molecule has 15 nitrogen and oxygen atoms in total. The molecule has 0 bridgehead atoms. The van der Waals surface area contributed by atoms with Gasteiger partial charge in [0, 0.05) is 103 Å². The van der Waals surface area contributed by atoms with E-state index in [1.165, 1.54) is 72.4 Å². The Labute approximate surface area is 723 Å². The fourth-order valence-electron chi connectivity index (χ4n) is 23.1. The minimum absolute atomic E-state index is 0.00865. The van der Waals surface area contributed by atoms with Crippen molar-refractivity contribution in [1.29, 1.82) is 0 Å². The summed E-state index contributed by atoms with van der Waals surface area (Å²) < 4.78 is 20.6. The normalized spacial score (nSPS) is 22.2. The topological polar surface area (TPSA) is 192 Å². The number of aromatic nitrogens is 6. The van der Waals surface area contributed by atoms with Crippen molar-refractivity contribution in [2.24, 2.45) is 35.5 Å². The molecule has 7 aliphatic rings. The van der Waals surface area contributed by atoms with Crippen molar-refractivity contribution in [3.8, 4) is 17.2 Å². The van der Waals surface area contributed by atoms with E-state index in [2.05, 4.69) is 200 Å². The molecule has 124 heavy (non-hydrogen) atoms. The maximum Gasteiger partial charge on any atom is 0.251 e. The smallest absolute Gasteiger partial charge is 0.251 e. The lowest BCUT2D eigenvalue weighted by Crippen LogP contribution is -2.46. The molecule has 0 radical (unpaired) electrons. The Balaban J connectivity index is 0.000000114. The van der Waals surface area contributed by atoms with Crippen LogP contribution in [0, 0.1) is 35.5 Å². The van der Waals surface area contributed by atoms with Crippen LogP contribution in [0.15, 0.2) is 212 Å². The first kappa shape index (κ1) is 79.0. The van der Waals surface area contributed by atoms with Crippen LogP contribution < -0.4 is 30.2 Å². The second-order valence-corrected chi connectivity index (χ2v) is 38.7. The minimum Gasteiger partial charge on any atom is -0.487 e. The number of nitrogens with zero attached hydrogens (tertiary/aromatic N) is 6. The molecule has 16 aromatic rings. The quantitative estimate of drug-likeness (QED) is 0.0965. The average molecular weight is 1640 g/mol. The molecule has 6 heterocycles. The molecule has 0 unspecified atom stereocenters. The van der Waals surface area contributed by atoms with Crippen LogP contribution in [0.25, 0.3) is 120 Å². The zero-order valence-corrected chi connectivity index (χ0v) is 72.4. The van der Waals surface area contributed by atoms with E-state index in [1.54, 1.807) is 0 Å².